The van der Waals surface area contributed by atoms with Crippen molar-refractivity contribution in [3.8, 4) is 0 Å². The van der Waals surface area contributed by atoms with E-state index in [2.05, 4.69) is 15.3 Å². The maximum absolute atomic E-state index is 6.06. The first-order valence-electron chi connectivity index (χ1n) is 5.43. The highest BCUT2D eigenvalue weighted by molar-refractivity contribution is 8.25. The quantitative estimate of drug-likeness (QED) is 0.846. The van der Waals surface area contributed by atoms with E-state index in [0.29, 0.717) is 10.9 Å². The van der Waals surface area contributed by atoms with E-state index in [4.69, 9.17) is 17.3 Å². The topological polar surface area (TPSA) is 63.1 Å². The molecule has 2 N–H and O–H groups in total. The van der Waals surface area contributed by atoms with Gasteiger partial charge in [0.2, 0.25) is 0 Å². The predicted octanol–water partition coefficient (Wildman–Crippen LogP) is 2.37. The molecule has 0 fully saturated rings. The van der Waals surface area contributed by atoms with Gasteiger partial charge in [0, 0.05) is 28.9 Å². The molecule has 2 atom stereocenters. The van der Waals surface area contributed by atoms with Gasteiger partial charge in [-0.25, -0.2) is 0 Å². The lowest BCUT2D eigenvalue weighted by Gasteiger charge is -2.24. The highest BCUT2D eigenvalue weighted by Gasteiger charge is 2.52. The summed E-state index contributed by atoms with van der Waals surface area (Å²) in [7, 11) is 0. The number of fused-ring (bicyclic) bond motifs is 1. The number of quaternary nitrogens is 1. The van der Waals surface area contributed by atoms with Gasteiger partial charge in [-0.3, -0.25) is 0 Å². The molecule has 7 heteroatoms. The summed E-state index contributed by atoms with van der Waals surface area (Å²) < 4.78 is 0.128. The number of amidine groups is 2. The number of halogens is 1. The molecule has 3 rings (SSSR count). The molecular weight excluding hydrogens is 270 g/mol. The van der Waals surface area contributed by atoms with Crippen molar-refractivity contribution >= 4 is 45.6 Å². The van der Waals surface area contributed by atoms with Gasteiger partial charge < -0.3 is 5.73 Å². The maximum Gasteiger partial charge on any atom is 0.327 e. The number of rotatable bonds is 2. The lowest BCUT2D eigenvalue weighted by atomic mass is 10.2. The van der Waals surface area contributed by atoms with Crippen LogP contribution in [0.2, 0.25) is 5.02 Å². The van der Waals surface area contributed by atoms with Gasteiger partial charge in [0.15, 0.2) is 5.69 Å². The zero-order valence-electron chi connectivity index (χ0n) is 9.62. The van der Waals surface area contributed by atoms with Crippen LogP contribution in [0.25, 0.3) is 0 Å². The summed E-state index contributed by atoms with van der Waals surface area (Å²) in [6.07, 6.45) is 0. The fourth-order valence-electron chi connectivity index (χ4n) is 2.04. The van der Waals surface area contributed by atoms with E-state index in [-0.39, 0.29) is 10.6 Å². The second-order valence-corrected chi connectivity index (χ2v) is 5.33. The van der Waals surface area contributed by atoms with Crippen molar-refractivity contribution in [1.82, 2.24) is 4.59 Å². The van der Waals surface area contributed by atoms with E-state index < -0.39 is 0 Å². The van der Waals surface area contributed by atoms with E-state index in [1.54, 1.807) is 5.55 Å². The van der Waals surface area contributed by atoms with Crippen molar-refractivity contribution in [3.05, 3.63) is 29.3 Å². The minimum absolute atomic E-state index is 0.128. The van der Waals surface area contributed by atoms with Crippen molar-refractivity contribution in [2.24, 2.45) is 21.0 Å². The Hall–Kier alpha value is -1.21. The molecule has 1 aromatic carbocycles. The minimum atomic E-state index is -0.235. The first-order chi connectivity index (χ1) is 8.64. The molecule has 92 valence electrons. The van der Waals surface area contributed by atoms with Crippen molar-refractivity contribution in [3.63, 3.8) is 0 Å². The summed E-state index contributed by atoms with van der Waals surface area (Å²) in [4.78, 5) is 0. The zero-order valence-corrected chi connectivity index (χ0v) is 11.2. The Morgan fingerprint density at radius 2 is 2.22 bits per heavy atom. The van der Waals surface area contributed by atoms with E-state index >= 15 is 0 Å². The second-order valence-electron chi connectivity index (χ2n) is 4.08. The van der Waals surface area contributed by atoms with Crippen LogP contribution < -0.4 is 10.3 Å². The molecule has 0 aromatic heterocycles. The van der Waals surface area contributed by atoms with Crippen LogP contribution in [-0.2, 0) is 0 Å². The predicted molar refractivity (Wildman–Crippen MR) is 77.8 cm³/mol. The van der Waals surface area contributed by atoms with Crippen LogP contribution in [0.4, 0.5) is 5.69 Å². The van der Waals surface area contributed by atoms with Crippen molar-refractivity contribution in [1.29, 1.82) is 0 Å². The molecule has 0 saturated heterocycles. The van der Waals surface area contributed by atoms with E-state index in [1.165, 1.54) is 11.8 Å². The fraction of sp³-hybridized carbons (Fsp3) is 0.182. The fourth-order valence-corrected chi connectivity index (χ4v) is 3.00. The highest BCUT2D eigenvalue weighted by Crippen LogP contribution is 2.38. The molecule has 0 amide bonds. The summed E-state index contributed by atoms with van der Waals surface area (Å²) in [5.41, 5.74) is 8.64. The third-order valence-corrected chi connectivity index (χ3v) is 3.81. The van der Waals surface area contributed by atoms with E-state index in [0.717, 1.165) is 10.9 Å². The second kappa shape index (κ2) is 4.17. The Morgan fingerprint density at radius 3 is 2.94 bits per heavy atom. The molecule has 2 heterocycles. The summed E-state index contributed by atoms with van der Waals surface area (Å²) in [5.74, 6) is 0.702. The van der Waals surface area contributed by atoms with Gasteiger partial charge in [0.05, 0.1) is 0 Å². The largest absolute Gasteiger partial charge is 0.327 e. The SMILES string of the molecule is CC(N)C1=NN=C2SC=N[N@@+]21c1cccc(Cl)c1. The van der Waals surface area contributed by atoms with Crippen LogP contribution in [0.3, 0.4) is 0 Å². The first-order valence-corrected chi connectivity index (χ1v) is 6.68. The summed E-state index contributed by atoms with van der Waals surface area (Å²) in [6, 6.07) is 7.29. The van der Waals surface area contributed by atoms with Crippen LogP contribution in [0.1, 0.15) is 6.92 Å². The van der Waals surface area contributed by atoms with Crippen molar-refractivity contribution < 1.29 is 0 Å². The normalized spacial score (nSPS) is 26.8. The third-order valence-electron chi connectivity index (χ3n) is 2.81. The molecule has 5 nitrogen and oxygen atoms in total. The smallest absolute Gasteiger partial charge is 0.318 e. The molecule has 0 spiro atoms. The molecule has 0 bridgehead atoms. The Morgan fingerprint density at radius 1 is 1.39 bits per heavy atom. The Labute approximate surface area is 114 Å². The Kier molecular flexibility index (Phi) is 2.74. The van der Waals surface area contributed by atoms with Gasteiger partial charge >= 0.3 is 5.17 Å². The molecule has 0 saturated carbocycles. The lowest BCUT2D eigenvalue weighted by Crippen LogP contribution is -2.54. The molecule has 18 heavy (non-hydrogen) atoms. The van der Waals surface area contributed by atoms with Gasteiger partial charge in [-0.2, -0.15) is 0 Å². The molecule has 0 aliphatic carbocycles. The maximum atomic E-state index is 6.06. The number of hydrogen-bond acceptors (Lipinski definition) is 5. The molecule has 0 radical (unpaired) electrons. The average molecular weight is 281 g/mol. The summed E-state index contributed by atoms with van der Waals surface area (Å²) >= 11 is 7.51. The molecular formula is C11H11ClN5S+. The average Bonchev–Trinajstić information content (AvgIpc) is 2.86. The number of benzene rings is 1. The minimum Gasteiger partial charge on any atom is -0.318 e. The monoisotopic (exact) mass is 280 g/mol. The highest BCUT2D eigenvalue weighted by atomic mass is 35.5. The molecule has 2 aliphatic rings. The van der Waals surface area contributed by atoms with Crippen LogP contribution in [0.15, 0.2) is 39.6 Å². The van der Waals surface area contributed by atoms with Gasteiger partial charge in [-0.1, -0.05) is 37.6 Å². The van der Waals surface area contributed by atoms with E-state index in [9.17, 15) is 0 Å². The summed E-state index contributed by atoms with van der Waals surface area (Å²) in [6.45, 7) is 1.88. The van der Waals surface area contributed by atoms with Crippen molar-refractivity contribution in [2.75, 3.05) is 0 Å². The van der Waals surface area contributed by atoms with Gasteiger partial charge in [-0.15, -0.1) is 0 Å². The van der Waals surface area contributed by atoms with Crippen LogP contribution in [0.5, 0.6) is 0 Å². The standard InChI is InChI=1S/C11H11ClN5S/c1-7(13)10-15-16-11-17(10,14-6-18-11)9-4-2-3-8(12)5-9/h2-7H,13H2,1H3/q+1/t7?,17-/m1/s1. The lowest BCUT2D eigenvalue weighted by molar-refractivity contribution is 0.633. The van der Waals surface area contributed by atoms with Gasteiger partial charge in [0.25, 0.3) is 5.84 Å². The first kappa shape index (κ1) is 11.9. The van der Waals surface area contributed by atoms with Crippen LogP contribution in [0, 0.1) is 0 Å². The number of hydrogen-bond donors (Lipinski definition) is 1. The molecule has 1 aromatic rings. The number of nitrogens with two attached hydrogens (primary N) is 1. The number of thioether (sulfide) groups is 1. The van der Waals surface area contributed by atoms with Crippen molar-refractivity contribution in [2.45, 2.75) is 13.0 Å². The molecule has 1 unspecified atom stereocenters. The molecule has 2 aliphatic heterocycles. The zero-order chi connectivity index (χ0) is 12.8. The summed E-state index contributed by atoms with van der Waals surface area (Å²) in [5, 5.41) is 14.3. The number of nitrogens with zero attached hydrogens (tertiary/aromatic N) is 4. The Balaban J connectivity index is 2.19. The van der Waals surface area contributed by atoms with Crippen LogP contribution >= 0.6 is 23.4 Å². The van der Waals surface area contributed by atoms with Gasteiger partial charge in [0.1, 0.15) is 11.6 Å². The van der Waals surface area contributed by atoms with Crippen LogP contribution in [-0.4, -0.2) is 22.6 Å². The van der Waals surface area contributed by atoms with Gasteiger partial charge in [-0.05, 0) is 13.0 Å². The third kappa shape index (κ3) is 1.54. The van der Waals surface area contributed by atoms with E-state index in [1.807, 2.05) is 31.2 Å². The Bertz CT molecular complexity index is 595.